The van der Waals surface area contributed by atoms with Crippen LogP contribution in [0.3, 0.4) is 0 Å². The molecule has 2 aromatic rings. The number of hydrogen-bond acceptors (Lipinski definition) is 3. The van der Waals surface area contributed by atoms with E-state index in [1.54, 1.807) is 17.0 Å². The van der Waals surface area contributed by atoms with Gasteiger partial charge in [-0.1, -0.05) is 28.1 Å². The van der Waals surface area contributed by atoms with Crippen molar-refractivity contribution in [2.75, 3.05) is 5.32 Å². The number of aromatic nitrogens is 2. The van der Waals surface area contributed by atoms with Crippen LogP contribution in [0.25, 0.3) is 0 Å². The minimum atomic E-state index is -0.169. The molecule has 0 saturated heterocycles. The number of thiocarbonyl (C=S) groups is 1. The van der Waals surface area contributed by atoms with Gasteiger partial charge in [0.1, 0.15) is 11.5 Å². The van der Waals surface area contributed by atoms with E-state index < -0.39 is 0 Å². The summed E-state index contributed by atoms with van der Waals surface area (Å²) in [6.45, 7) is 0.114. The SMILES string of the molecule is NC(=S)c1nccn1CC(=O)Nc1ccc(Br)cc1. The van der Waals surface area contributed by atoms with Crippen LogP contribution in [0.1, 0.15) is 5.82 Å². The highest BCUT2D eigenvalue weighted by atomic mass is 79.9. The topological polar surface area (TPSA) is 72.9 Å². The lowest BCUT2D eigenvalue weighted by Crippen LogP contribution is -2.23. The highest BCUT2D eigenvalue weighted by Gasteiger charge is 2.09. The zero-order chi connectivity index (χ0) is 13.8. The summed E-state index contributed by atoms with van der Waals surface area (Å²) in [5.41, 5.74) is 6.24. The van der Waals surface area contributed by atoms with E-state index in [0.717, 1.165) is 10.2 Å². The van der Waals surface area contributed by atoms with Gasteiger partial charge in [-0.25, -0.2) is 4.98 Å². The van der Waals surface area contributed by atoms with E-state index in [1.807, 2.05) is 24.3 Å². The van der Waals surface area contributed by atoms with Crippen molar-refractivity contribution in [1.29, 1.82) is 0 Å². The number of rotatable bonds is 4. The molecule has 1 amide bonds. The Morgan fingerprint density at radius 1 is 1.42 bits per heavy atom. The highest BCUT2D eigenvalue weighted by Crippen LogP contribution is 2.14. The smallest absolute Gasteiger partial charge is 0.244 e. The van der Waals surface area contributed by atoms with Gasteiger partial charge in [0.25, 0.3) is 0 Å². The number of halogens is 1. The molecule has 1 aromatic heterocycles. The molecule has 0 spiro atoms. The number of carbonyl (C=O) groups excluding carboxylic acids is 1. The lowest BCUT2D eigenvalue weighted by Gasteiger charge is -2.08. The van der Waals surface area contributed by atoms with E-state index in [9.17, 15) is 4.79 Å². The van der Waals surface area contributed by atoms with Crippen molar-refractivity contribution in [3.8, 4) is 0 Å². The zero-order valence-electron chi connectivity index (χ0n) is 9.84. The van der Waals surface area contributed by atoms with Gasteiger partial charge in [-0.05, 0) is 24.3 Å². The number of benzene rings is 1. The number of nitrogens with two attached hydrogens (primary N) is 1. The largest absolute Gasteiger partial charge is 0.387 e. The summed E-state index contributed by atoms with van der Waals surface area (Å²) >= 11 is 8.19. The monoisotopic (exact) mass is 338 g/mol. The predicted octanol–water partition coefficient (Wildman–Crippen LogP) is 1.92. The Kier molecular flexibility index (Phi) is 4.28. The maximum absolute atomic E-state index is 11.9. The maximum atomic E-state index is 11.9. The van der Waals surface area contributed by atoms with Crippen LogP contribution in [0.4, 0.5) is 5.69 Å². The molecule has 0 radical (unpaired) electrons. The van der Waals surface area contributed by atoms with Crippen LogP contribution >= 0.6 is 28.1 Å². The molecule has 0 bridgehead atoms. The fourth-order valence-corrected chi connectivity index (χ4v) is 1.98. The molecule has 0 fully saturated rings. The van der Waals surface area contributed by atoms with E-state index in [2.05, 4.69) is 26.2 Å². The number of nitrogens with one attached hydrogen (secondary N) is 1. The average Bonchev–Trinajstić information content (AvgIpc) is 2.80. The summed E-state index contributed by atoms with van der Waals surface area (Å²) in [5.74, 6) is 0.263. The predicted molar refractivity (Wildman–Crippen MR) is 80.9 cm³/mol. The standard InChI is InChI=1S/C12H11BrN4OS/c13-8-1-3-9(4-2-8)16-10(18)7-17-6-5-15-12(17)11(14)19/h1-6H,7H2,(H2,14,19)(H,16,18). The van der Waals surface area contributed by atoms with Crippen LogP contribution in [0, 0.1) is 0 Å². The number of imidazole rings is 1. The van der Waals surface area contributed by atoms with Crippen molar-refractivity contribution < 1.29 is 4.79 Å². The van der Waals surface area contributed by atoms with Gasteiger partial charge in [0, 0.05) is 22.6 Å². The molecule has 0 atom stereocenters. The molecule has 2 rings (SSSR count). The molecule has 7 heteroatoms. The van der Waals surface area contributed by atoms with Gasteiger partial charge >= 0.3 is 0 Å². The molecule has 0 saturated carbocycles. The number of nitrogens with zero attached hydrogens (tertiary/aromatic N) is 2. The molecule has 0 aliphatic heterocycles. The van der Waals surface area contributed by atoms with E-state index in [4.69, 9.17) is 18.0 Å². The van der Waals surface area contributed by atoms with Gasteiger partial charge in [0.15, 0.2) is 5.82 Å². The molecule has 1 aromatic carbocycles. The van der Waals surface area contributed by atoms with Gasteiger partial charge in [-0.3, -0.25) is 4.79 Å². The van der Waals surface area contributed by atoms with Crippen LogP contribution in [-0.2, 0) is 11.3 Å². The molecule has 98 valence electrons. The molecule has 5 nitrogen and oxygen atoms in total. The van der Waals surface area contributed by atoms with E-state index >= 15 is 0 Å². The first kappa shape index (κ1) is 13.7. The third-order valence-corrected chi connectivity index (χ3v) is 3.09. The highest BCUT2D eigenvalue weighted by molar-refractivity contribution is 9.10. The summed E-state index contributed by atoms with van der Waals surface area (Å²) < 4.78 is 2.56. The van der Waals surface area contributed by atoms with Gasteiger partial charge in [0.05, 0.1) is 0 Å². The molecule has 0 aliphatic carbocycles. The quantitative estimate of drug-likeness (QED) is 0.835. The Morgan fingerprint density at radius 3 is 2.74 bits per heavy atom. The van der Waals surface area contributed by atoms with Crippen molar-refractivity contribution in [2.45, 2.75) is 6.54 Å². The van der Waals surface area contributed by atoms with Crippen LogP contribution in [0.5, 0.6) is 0 Å². The fraction of sp³-hybridized carbons (Fsp3) is 0.0833. The van der Waals surface area contributed by atoms with Gasteiger partial charge in [-0.15, -0.1) is 0 Å². The summed E-state index contributed by atoms with van der Waals surface area (Å²) in [5, 5.41) is 2.78. The number of amides is 1. The summed E-state index contributed by atoms with van der Waals surface area (Å²) in [4.78, 5) is 16.0. The third kappa shape index (κ3) is 3.62. The van der Waals surface area contributed by atoms with Gasteiger partial charge in [0.2, 0.25) is 5.91 Å². The van der Waals surface area contributed by atoms with Crippen molar-refractivity contribution in [2.24, 2.45) is 5.73 Å². The van der Waals surface area contributed by atoms with Crippen molar-refractivity contribution in [1.82, 2.24) is 9.55 Å². The Balaban J connectivity index is 2.03. The normalized spacial score (nSPS) is 10.2. The van der Waals surface area contributed by atoms with Crippen molar-refractivity contribution >= 4 is 44.7 Å². The fourth-order valence-electron chi connectivity index (χ4n) is 1.55. The number of carbonyl (C=O) groups is 1. The first-order valence-electron chi connectivity index (χ1n) is 5.42. The van der Waals surface area contributed by atoms with Crippen molar-refractivity contribution in [3.05, 3.63) is 47.0 Å². The van der Waals surface area contributed by atoms with Gasteiger partial charge < -0.3 is 15.6 Å². The first-order valence-corrected chi connectivity index (χ1v) is 6.63. The second-order valence-electron chi connectivity index (χ2n) is 3.80. The van der Waals surface area contributed by atoms with Crippen LogP contribution in [-0.4, -0.2) is 20.4 Å². The summed E-state index contributed by atoms with van der Waals surface area (Å²) in [7, 11) is 0. The van der Waals surface area contributed by atoms with E-state index in [-0.39, 0.29) is 17.4 Å². The minimum Gasteiger partial charge on any atom is -0.387 e. The molecular weight excluding hydrogens is 328 g/mol. The molecule has 1 heterocycles. The second-order valence-corrected chi connectivity index (χ2v) is 5.15. The number of anilines is 1. The van der Waals surface area contributed by atoms with E-state index in [0.29, 0.717) is 5.82 Å². The first-order chi connectivity index (χ1) is 9.06. The molecule has 3 N–H and O–H groups in total. The Bertz CT molecular complexity index is 608. The minimum absolute atomic E-state index is 0.114. The summed E-state index contributed by atoms with van der Waals surface area (Å²) in [6.07, 6.45) is 3.22. The Hall–Kier alpha value is -1.73. The Morgan fingerprint density at radius 2 is 2.11 bits per heavy atom. The second kappa shape index (κ2) is 5.94. The van der Waals surface area contributed by atoms with Crippen LogP contribution in [0.15, 0.2) is 41.1 Å². The maximum Gasteiger partial charge on any atom is 0.244 e. The summed E-state index contributed by atoms with van der Waals surface area (Å²) in [6, 6.07) is 7.33. The average molecular weight is 339 g/mol. The van der Waals surface area contributed by atoms with E-state index in [1.165, 1.54) is 0 Å². The molecule has 0 unspecified atom stereocenters. The van der Waals surface area contributed by atoms with Crippen LogP contribution in [0.2, 0.25) is 0 Å². The zero-order valence-corrected chi connectivity index (χ0v) is 12.2. The molecular formula is C12H11BrN4OS. The van der Waals surface area contributed by atoms with Crippen LogP contribution < -0.4 is 11.1 Å². The lowest BCUT2D eigenvalue weighted by molar-refractivity contribution is -0.116. The molecule has 0 aliphatic rings. The Labute approximate surface area is 123 Å². The third-order valence-electron chi connectivity index (χ3n) is 2.38. The van der Waals surface area contributed by atoms with Crippen molar-refractivity contribution in [3.63, 3.8) is 0 Å². The molecule has 19 heavy (non-hydrogen) atoms. The number of hydrogen-bond donors (Lipinski definition) is 2. The van der Waals surface area contributed by atoms with Gasteiger partial charge in [-0.2, -0.15) is 0 Å². The lowest BCUT2D eigenvalue weighted by atomic mass is 10.3.